The molecule has 2 nitrogen and oxygen atoms in total. The van der Waals surface area contributed by atoms with E-state index in [1.54, 1.807) is 0 Å². The topological polar surface area (TPSA) is 29.1 Å². The molecule has 0 saturated heterocycles. The fourth-order valence-electron chi connectivity index (χ4n) is 0.160. The Morgan fingerprint density at radius 1 is 1.50 bits per heavy atom. The molecule has 0 aliphatic heterocycles. The number of hydrogen-bond donors (Lipinski definition) is 1. The van der Waals surface area contributed by atoms with Crippen LogP contribution in [0.2, 0.25) is 0 Å². The maximum absolute atomic E-state index is 10.1. The fraction of sp³-hybridized carbons (Fsp3) is 0. The summed E-state index contributed by atoms with van der Waals surface area (Å²) in [6, 6.07) is 0. The molecule has 8 heavy (non-hydrogen) atoms. The first-order valence-electron chi connectivity index (χ1n) is 1.85. The Morgan fingerprint density at radius 3 is 2.12 bits per heavy atom. The normalized spacial score (nSPS) is 6.00. The van der Waals surface area contributed by atoms with Gasteiger partial charge in [0.2, 0.25) is 5.91 Å². The minimum absolute atomic E-state index is 0. The van der Waals surface area contributed by atoms with Gasteiger partial charge in [-0.3, -0.25) is 4.79 Å². The molecule has 0 spiro atoms. The Labute approximate surface area is 73.9 Å². The fourth-order valence-corrected chi connectivity index (χ4v) is 0.160. The van der Waals surface area contributed by atoms with Crippen LogP contribution in [-0.4, -0.2) is 5.91 Å². The third-order valence-corrected chi connectivity index (χ3v) is 0.430. The molecule has 0 atom stereocenters. The summed E-state index contributed by atoms with van der Waals surface area (Å²) in [5.41, 5.74) is 0. The van der Waals surface area contributed by atoms with E-state index in [1.807, 2.05) is 0 Å². The third kappa shape index (κ3) is 6.05. The number of carbonyl (C=O) groups excluding carboxylic acids is 1. The van der Waals surface area contributed by atoms with E-state index in [9.17, 15) is 4.79 Å². The molecule has 0 unspecified atom stereocenters. The molecule has 0 saturated carbocycles. The predicted octanol–water partition coefficient (Wildman–Crippen LogP) is 0.430. The zero-order chi connectivity index (χ0) is 5.70. The maximum Gasteiger partial charge on any atom is 0.247 e. The molecule has 0 aliphatic carbocycles. The van der Waals surface area contributed by atoms with E-state index in [2.05, 4.69) is 18.5 Å². The number of hydrogen-bond acceptors (Lipinski definition) is 1. The Morgan fingerprint density at radius 2 is 2.00 bits per heavy atom. The van der Waals surface area contributed by atoms with Gasteiger partial charge in [-0.25, -0.2) is 0 Å². The number of carbonyl (C=O) groups is 1. The van der Waals surface area contributed by atoms with Crippen LogP contribution in [0.3, 0.4) is 0 Å². The molecular weight excluding hydrogens is 179 g/mol. The van der Waals surface area contributed by atoms with Gasteiger partial charge in [0.1, 0.15) is 0 Å². The van der Waals surface area contributed by atoms with Crippen molar-refractivity contribution >= 4 is 5.91 Å². The van der Waals surface area contributed by atoms with Crippen LogP contribution in [-0.2, 0) is 37.5 Å². The van der Waals surface area contributed by atoms with Crippen molar-refractivity contribution in [2.75, 3.05) is 0 Å². The Bertz CT molecular complexity index is 101. The van der Waals surface area contributed by atoms with Crippen LogP contribution in [0.15, 0.2) is 25.4 Å². The first-order valence-corrected chi connectivity index (χ1v) is 1.85. The molecule has 41 valence electrons. The minimum Gasteiger partial charge on any atom is -0.330 e. The van der Waals surface area contributed by atoms with Gasteiger partial charge in [-0.15, -0.1) is 0 Å². The van der Waals surface area contributed by atoms with Gasteiger partial charge in [0.15, 0.2) is 0 Å². The third-order valence-electron chi connectivity index (χ3n) is 0.430. The largest absolute Gasteiger partial charge is 0.330 e. The molecule has 0 aromatic rings. The van der Waals surface area contributed by atoms with E-state index < -0.39 is 0 Å². The van der Waals surface area contributed by atoms with Crippen LogP contribution in [0.25, 0.3) is 0 Å². The number of rotatable bonds is 2. The summed E-state index contributed by atoms with van der Waals surface area (Å²) in [7, 11) is 0. The van der Waals surface area contributed by atoms with Gasteiger partial charge in [-0.05, 0) is 12.3 Å². The summed E-state index contributed by atoms with van der Waals surface area (Å²) in [5, 5.41) is 2.30. The first kappa shape index (κ1) is 10.9. The molecular formula is C5H7NOY. The van der Waals surface area contributed by atoms with Crippen molar-refractivity contribution in [1.82, 2.24) is 5.32 Å². The zero-order valence-corrected chi connectivity index (χ0v) is 7.39. The average molecular weight is 186 g/mol. The molecule has 1 amide bonds. The van der Waals surface area contributed by atoms with Crippen molar-refractivity contribution in [3.63, 3.8) is 0 Å². The molecule has 0 aliphatic rings. The van der Waals surface area contributed by atoms with Crippen molar-refractivity contribution in [3.8, 4) is 0 Å². The molecule has 0 aromatic heterocycles. The van der Waals surface area contributed by atoms with Crippen LogP contribution in [0, 0.1) is 0 Å². The zero-order valence-electron chi connectivity index (χ0n) is 4.55. The summed E-state index contributed by atoms with van der Waals surface area (Å²) in [6.45, 7) is 6.49. The summed E-state index contributed by atoms with van der Waals surface area (Å²) in [4.78, 5) is 10.1. The van der Waals surface area contributed by atoms with Crippen molar-refractivity contribution in [2.24, 2.45) is 0 Å². The minimum atomic E-state index is -0.227. The van der Waals surface area contributed by atoms with Crippen LogP contribution in [0.5, 0.6) is 0 Å². The van der Waals surface area contributed by atoms with Crippen molar-refractivity contribution in [1.29, 1.82) is 0 Å². The summed E-state index contributed by atoms with van der Waals surface area (Å²) in [5.74, 6) is -0.227. The van der Waals surface area contributed by atoms with Gasteiger partial charge in [-0.1, -0.05) is 13.2 Å². The first-order chi connectivity index (χ1) is 3.31. The molecule has 0 bridgehead atoms. The van der Waals surface area contributed by atoms with Gasteiger partial charge >= 0.3 is 0 Å². The van der Waals surface area contributed by atoms with Crippen LogP contribution < -0.4 is 5.32 Å². The van der Waals surface area contributed by atoms with E-state index in [-0.39, 0.29) is 38.6 Å². The molecule has 0 heterocycles. The van der Waals surface area contributed by atoms with E-state index in [0.29, 0.717) is 0 Å². The SMILES string of the molecule is C=CNC(=O)C=C.[Y]. The van der Waals surface area contributed by atoms with Gasteiger partial charge in [0.05, 0.1) is 0 Å². The maximum atomic E-state index is 10.1. The Balaban J connectivity index is 0. The quantitative estimate of drug-likeness (QED) is 0.622. The van der Waals surface area contributed by atoms with Crippen molar-refractivity contribution < 1.29 is 37.5 Å². The van der Waals surface area contributed by atoms with Crippen LogP contribution >= 0.6 is 0 Å². The smallest absolute Gasteiger partial charge is 0.247 e. The van der Waals surface area contributed by atoms with E-state index in [0.717, 1.165) is 0 Å². The van der Waals surface area contributed by atoms with Crippen LogP contribution in [0.4, 0.5) is 0 Å². The molecule has 3 heteroatoms. The molecule has 1 radical (unpaired) electrons. The van der Waals surface area contributed by atoms with Crippen molar-refractivity contribution in [2.45, 2.75) is 0 Å². The Kier molecular flexibility index (Phi) is 9.64. The average Bonchev–Trinajstić information content (AvgIpc) is 1.68. The Hall–Kier alpha value is 0.0539. The van der Waals surface area contributed by atoms with E-state index in [1.165, 1.54) is 12.3 Å². The van der Waals surface area contributed by atoms with Gasteiger partial charge in [0.25, 0.3) is 0 Å². The van der Waals surface area contributed by atoms with Gasteiger partial charge in [-0.2, -0.15) is 0 Å². The standard InChI is InChI=1S/C5H7NO.Y/c1-3-5(7)6-4-2;/h3-4H,1-2H2,(H,6,7);. The van der Waals surface area contributed by atoms with Gasteiger partial charge < -0.3 is 5.32 Å². The number of amides is 1. The van der Waals surface area contributed by atoms with Crippen LogP contribution in [0.1, 0.15) is 0 Å². The second-order valence-electron chi connectivity index (χ2n) is 0.917. The summed E-state index contributed by atoms with van der Waals surface area (Å²) >= 11 is 0. The van der Waals surface area contributed by atoms with Crippen molar-refractivity contribution in [3.05, 3.63) is 25.4 Å². The molecule has 1 N–H and O–H groups in total. The monoisotopic (exact) mass is 186 g/mol. The second-order valence-corrected chi connectivity index (χ2v) is 0.917. The number of nitrogens with one attached hydrogen (secondary N) is 1. The van der Waals surface area contributed by atoms with Gasteiger partial charge in [0, 0.05) is 32.7 Å². The van der Waals surface area contributed by atoms with E-state index in [4.69, 9.17) is 0 Å². The second kappa shape index (κ2) is 7.05. The predicted molar refractivity (Wildman–Crippen MR) is 28.5 cm³/mol. The summed E-state index contributed by atoms with van der Waals surface area (Å²) in [6.07, 6.45) is 2.49. The van der Waals surface area contributed by atoms with E-state index >= 15 is 0 Å². The summed E-state index contributed by atoms with van der Waals surface area (Å²) < 4.78 is 0. The molecule has 0 rings (SSSR count). The molecule has 0 fully saturated rings. The molecule has 0 aromatic carbocycles.